The zero-order valence-electron chi connectivity index (χ0n) is 2.69. The summed E-state index contributed by atoms with van der Waals surface area (Å²) in [5.41, 5.74) is 0. The first-order chi connectivity index (χ1) is 0. The Morgan fingerprint density at radius 1 is 0.400 bits per heavy atom. The van der Waals surface area contributed by atoms with Gasteiger partial charge in [0.25, 0.3) is 0 Å². The van der Waals surface area contributed by atoms with Gasteiger partial charge < -0.3 is 24.6 Å². The maximum atomic E-state index is 0. The molecule has 4 nitrogen and oxygen atoms in total. The van der Waals surface area contributed by atoms with Crippen molar-refractivity contribution in [3.63, 3.8) is 0 Å². The second-order valence-electron chi connectivity index (χ2n) is 0. The third-order valence-corrected chi connectivity index (χ3v) is 0. The van der Waals surface area contributed by atoms with Gasteiger partial charge in [0.05, 0.1) is 0 Å². The normalized spacial score (nSPS) is 0. The van der Waals surface area contributed by atoms with Crippen LogP contribution in [-0.2, 0) is 17.1 Å². The van der Waals surface area contributed by atoms with Crippen LogP contribution < -0.4 is 0 Å². The van der Waals surface area contributed by atoms with Crippen LogP contribution in [0.4, 0.5) is 0 Å². The molecule has 0 saturated carbocycles. The van der Waals surface area contributed by atoms with Crippen molar-refractivity contribution in [1.82, 2.24) is 0 Å². The van der Waals surface area contributed by atoms with Crippen molar-refractivity contribution in [2.24, 2.45) is 0 Å². The second-order valence-corrected chi connectivity index (χ2v) is 0. The number of hydrogen-bond donors (Lipinski definition) is 0. The Labute approximate surface area is 42.5 Å². The summed E-state index contributed by atoms with van der Waals surface area (Å²) in [6, 6.07) is 0. The van der Waals surface area contributed by atoms with Crippen molar-refractivity contribution >= 4 is 0 Å². The Morgan fingerprint density at radius 2 is 0.400 bits per heavy atom. The van der Waals surface area contributed by atoms with E-state index >= 15 is 0 Å². The first-order valence-corrected chi connectivity index (χ1v) is 0. The van der Waals surface area contributed by atoms with Gasteiger partial charge in [-0.15, -0.1) is 0 Å². The molecule has 0 aliphatic carbocycles. The van der Waals surface area contributed by atoms with Crippen LogP contribution in [0.5, 0.6) is 0 Å². The van der Waals surface area contributed by atoms with Crippen molar-refractivity contribution in [1.29, 1.82) is 0 Å². The van der Waals surface area contributed by atoms with E-state index in [0.29, 0.717) is 0 Å². The van der Waals surface area contributed by atoms with E-state index in [1.807, 2.05) is 0 Å². The van der Waals surface area contributed by atoms with Gasteiger partial charge in [0.1, 0.15) is 0 Å². The number of rotatable bonds is 0. The van der Waals surface area contributed by atoms with Gasteiger partial charge in [-0.3, -0.25) is 0 Å². The van der Waals surface area contributed by atoms with E-state index in [4.69, 9.17) is 0 Å². The van der Waals surface area contributed by atoms with Crippen LogP contribution in [0.15, 0.2) is 0 Å². The molecule has 0 atom stereocenters. The van der Waals surface area contributed by atoms with Crippen molar-refractivity contribution < 1.29 is 17.1 Å². The largest absolute Gasteiger partial charge is 0.693 e. The molecular weight excluding hydrogens is 111 g/mol. The molecule has 0 aromatic rings. The number of hydrogen-bond acceptors (Lipinski definition) is 0. The Hall–Kier alpha value is 0.359. The Bertz CT molecular complexity index is 3.61. The molecule has 1 radical (unpaired) electrons. The van der Waals surface area contributed by atoms with E-state index in [2.05, 4.69) is 0 Å². The number of nitrogens with two attached hydrogens (primary N) is 4. The standard InChI is InChI=1S/Mn.4H2N/h;4*1H2/q;4*-1. The summed E-state index contributed by atoms with van der Waals surface area (Å²) >= 11 is 0. The zero-order chi connectivity index (χ0) is 0. The molecule has 0 aromatic carbocycles. The summed E-state index contributed by atoms with van der Waals surface area (Å²) in [7, 11) is 0. The fourth-order valence-corrected chi connectivity index (χ4v) is 0. The van der Waals surface area contributed by atoms with E-state index in [1.165, 1.54) is 0 Å². The minimum atomic E-state index is 0. The summed E-state index contributed by atoms with van der Waals surface area (Å²) in [5, 5.41) is 0. The summed E-state index contributed by atoms with van der Waals surface area (Å²) in [6.45, 7) is 0. The summed E-state index contributed by atoms with van der Waals surface area (Å²) in [5.74, 6) is 0. The van der Waals surface area contributed by atoms with Gasteiger partial charge >= 0.3 is 0 Å². The summed E-state index contributed by atoms with van der Waals surface area (Å²) in [6.07, 6.45) is 0. The average Bonchev–Trinajstić information content (AvgIpc) is 0. The van der Waals surface area contributed by atoms with E-state index in [0.717, 1.165) is 0 Å². The summed E-state index contributed by atoms with van der Waals surface area (Å²) < 4.78 is 0. The Kier molecular flexibility index (Phi) is 60000. The van der Waals surface area contributed by atoms with Crippen molar-refractivity contribution in [3.8, 4) is 0 Å². The van der Waals surface area contributed by atoms with Gasteiger partial charge in [-0.25, -0.2) is 0 Å². The molecule has 0 aliphatic rings. The smallest absolute Gasteiger partial charge is 0 e. The first-order valence-electron chi connectivity index (χ1n) is 0. The van der Waals surface area contributed by atoms with Crippen molar-refractivity contribution in [2.75, 3.05) is 0 Å². The molecule has 0 heterocycles. The molecule has 0 fully saturated rings. The van der Waals surface area contributed by atoms with Gasteiger partial charge in [-0.05, 0) is 0 Å². The van der Waals surface area contributed by atoms with Gasteiger partial charge in [-0.2, -0.15) is 0 Å². The minimum absolute atomic E-state index is 0. The molecule has 0 aliphatic heterocycles. The molecule has 0 bridgehead atoms. The Balaban J connectivity index is 0. The quantitative estimate of drug-likeness (QED) is 0.433. The molecular formula is H8MnN4-4. The van der Waals surface area contributed by atoms with Crippen LogP contribution in [0.3, 0.4) is 0 Å². The van der Waals surface area contributed by atoms with Crippen molar-refractivity contribution in [3.05, 3.63) is 24.6 Å². The maximum Gasteiger partial charge on any atom is 0 e. The monoisotopic (exact) mass is 119 g/mol. The van der Waals surface area contributed by atoms with Gasteiger partial charge in [-0.1, -0.05) is 0 Å². The van der Waals surface area contributed by atoms with Crippen LogP contribution in [0, 0.1) is 0 Å². The van der Waals surface area contributed by atoms with E-state index in [1.54, 1.807) is 0 Å². The van der Waals surface area contributed by atoms with E-state index in [-0.39, 0.29) is 41.7 Å². The van der Waals surface area contributed by atoms with Crippen LogP contribution in [0.25, 0.3) is 24.6 Å². The fraction of sp³-hybridized carbons (Fsp3) is 0. The predicted octanol–water partition coefficient (Wildman–Crippen LogP) is 2.87. The average molecular weight is 119 g/mol. The molecule has 0 unspecified atom stereocenters. The van der Waals surface area contributed by atoms with Crippen LogP contribution in [0.1, 0.15) is 0 Å². The second kappa shape index (κ2) is 381. The maximum absolute atomic E-state index is 0. The Morgan fingerprint density at radius 3 is 0.400 bits per heavy atom. The topological polar surface area (TPSA) is 134 Å². The fourth-order valence-electron chi connectivity index (χ4n) is 0. The van der Waals surface area contributed by atoms with Gasteiger partial charge in [0, 0.05) is 17.1 Å². The zero-order valence-corrected chi connectivity index (χ0v) is 3.87. The molecule has 0 amide bonds. The first kappa shape index (κ1) is 788. The molecule has 0 saturated heterocycles. The summed E-state index contributed by atoms with van der Waals surface area (Å²) in [4.78, 5) is 0. The van der Waals surface area contributed by atoms with E-state index in [9.17, 15) is 0 Å². The molecule has 39 valence electrons. The molecule has 8 N–H and O–H groups in total. The van der Waals surface area contributed by atoms with Crippen molar-refractivity contribution in [2.45, 2.75) is 0 Å². The third kappa shape index (κ3) is 188. The van der Waals surface area contributed by atoms with Crippen LogP contribution in [-0.4, -0.2) is 0 Å². The molecule has 0 spiro atoms. The molecule has 5 heavy (non-hydrogen) atoms. The van der Waals surface area contributed by atoms with Gasteiger partial charge in [0.15, 0.2) is 0 Å². The SMILES string of the molecule is [Mn].[NH2-].[NH2-].[NH2-].[NH2-]. The molecule has 0 rings (SSSR count). The predicted molar refractivity (Wildman–Crippen MR) is 21.1 cm³/mol. The van der Waals surface area contributed by atoms with Gasteiger partial charge in [0.2, 0.25) is 0 Å². The van der Waals surface area contributed by atoms with E-state index < -0.39 is 0 Å². The van der Waals surface area contributed by atoms with Crippen LogP contribution in [0.2, 0.25) is 0 Å². The molecule has 0 aromatic heterocycles. The third-order valence-electron chi connectivity index (χ3n) is 0. The molecule has 5 heteroatoms. The minimum Gasteiger partial charge on any atom is -0.693 e. The van der Waals surface area contributed by atoms with Crippen LogP contribution >= 0.6 is 0 Å².